The van der Waals surface area contributed by atoms with Crippen LogP contribution in [-0.4, -0.2) is 34.7 Å². The average molecular weight is 178 g/mol. The normalized spacial score (nSPS) is 12.5. The molecule has 0 aromatic rings. The molecule has 4 nitrogen and oxygen atoms in total. The topological polar surface area (TPSA) is 72.2 Å². The maximum Gasteiger partial charge on any atom is 0.232 e. The summed E-state index contributed by atoms with van der Waals surface area (Å²) in [7, 11) is -1.01. The van der Waals surface area contributed by atoms with Gasteiger partial charge in [0.2, 0.25) is 5.91 Å². The van der Waals surface area contributed by atoms with Crippen LogP contribution in [0.1, 0.15) is 6.92 Å². The highest BCUT2D eigenvalue weighted by Gasteiger charge is 2.03. The van der Waals surface area contributed by atoms with Crippen LogP contribution >= 0.6 is 0 Å². The summed E-state index contributed by atoms with van der Waals surface area (Å²) in [5.74, 6) is 0.433. The first-order chi connectivity index (χ1) is 5.20. The molecule has 0 aromatic carbocycles. The van der Waals surface area contributed by atoms with Crippen LogP contribution in [0.4, 0.5) is 0 Å². The molecule has 5 heteroatoms. The second-order valence-corrected chi connectivity index (χ2v) is 3.76. The Labute approximate surface area is 69.0 Å². The Hall–Kier alpha value is -0.420. The summed E-state index contributed by atoms with van der Waals surface area (Å²) in [6.45, 7) is 2.66. The van der Waals surface area contributed by atoms with Gasteiger partial charge in [-0.15, -0.1) is 0 Å². The molecule has 0 saturated carbocycles. The second-order valence-electron chi connectivity index (χ2n) is 2.01. The van der Waals surface area contributed by atoms with Gasteiger partial charge >= 0.3 is 0 Å². The highest BCUT2D eigenvalue weighted by Crippen LogP contribution is 1.80. The molecule has 0 fully saturated rings. The van der Waals surface area contributed by atoms with Crippen molar-refractivity contribution < 1.29 is 9.00 Å². The second kappa shape index (κ2) is 6.30. The van der Waals surface area contributed by atoms with Gasteiger partial charge in [0.05, 0.1) is 0 Å². The molecule has 1 unspecified atom stereocenters. The summed E-state index contributed by atoms with van der Waals surface area (Å²) < 4.78 is 10.8. The SMILES string of the molecule is CCS(=O)CC(=O)NCCN. The van der Waals surface area contributed by atoms with Crippen LogP contribution in [-0.2, 0) is 15.6 Å². The average Bonchev–Trinajstić information content (AvgIpc) is 2.00. The van der Waals surface area contributed by atoms with Crippen molar-refractivity contribution in [2.45, 2.75) is 6.92 Å². The Bertz CT molecular complexity index is 150. The number of rotatable bonds is 5. The van der Waals surface area contributed by atoms with Gasteiger partial charge in [-0.1, -0.05) is 6.92 Å². The van der Waals surface area contributed by atoms with Gasteiger partial charge in [-0.05, 0) is 0 Å². The summed E-state index contributed by atoms with van der Waals surface area (Å²) in [6.07, 6.45) is 0. The molecular weight excluding hydrogens is 164 g/mol. The number of carbonyl (C=O) groups excluding carboxylic acids is 1. The van der Waals surface area contributed by atoms with Crippen molar-refractivity contribution in [3.63, 3.8) is 0 Å². The van der Waals surface area contributed by atoms with E-state index in [1.54, 1.807) is 6.92 Å². The molecule has 1 atom stereocenters. The Morgan fingerprint density at radius 3 is 2.73 bits per heavy atom. The van der Waals surface area contributed by atoms with Crippen LogP contribution in [0.3, 0.4) is 0 Å². The molecule has 0 aliphatic heterocycles. The fraction of sp³-hybridized carbons (Fsp3) is 0.833. The minimum absolute atomic E-state index is 0.0937. The summed E-state index contributed by atoms with van der Waals surface area (Å²) >= 11 is 0. The van der Waals surface area contributed by atoms with Crippen LogP contribution in [0.25, 0.3) is 0 Å². The van der Waals surface area contributed by atoms with E-state index in [1.807, 2.05) is 0 Å². The Kier molecular flexibility index (Phi) is 6.06. The molecule has 0 aliphatic rings. The first kappa shape index (κ1) is 10.6. The predicted molar refractivity (Wildman–Crippen MR) is 45.6 cm³/mol. The quantitative estimate of drug-likeness (QED) is 0.557. The zero-order chi connectivity index (χ0) is 8.69. The van der Waals surface area contributed by atoms with Gasteiger partial charge in [-0.3, -0.25) is 9.00 Å². The van der Waals surface area contributed by atoms with Crippen molar-refractivity contribution in [3.05, 3.63) is 0 Å². The van der Waals surface area contributed by atoms with Crippen molar-refractivity contribution >= 4 is 16.7 Å². The van der Waals surface area contributed by atoms with E-state index in [0.717, 1.165) is 0 Å². The van der Waals surface area contributed by atoms with Crippen LogP contribution in [0.2, 0.25) is 0 Å². The first-order valence-electron chi connectivity index (χ1n) is 3.52. The van der Waals surface area contributed by atoms with Gasteiger partial charge in [0, 0.05) is 29.6 Å². The predicted octanol–water partition coefficient (Wildman–Crippen LogP) is -1.17. The lowest BCUT2D eigenvalue weighted by atomic mass is 10.6. The number of carbonyl (C=O) groups is 1. The minimum Gasteiger partial charge on any atom is -0.354 e. The Morgan fingerprint density at radius 1 is 1.64 bits per heavy atom. The van der Waals surface area contributed by atoms with E-state index in [-0.39, 0.29) is 11.7 Å². The summed E-state index contributed by atoms with van der Waals surface area (Å²) in [5.41, 5.74) is 5.15. The third kappa shape index (κ3) is 6.00. The molecule has 0 bridgehead atoms. The van der Waals surface area contributed by atoms with Crippen LogP contribution < -0.4 is 11.1 Å². The van der Waals surface area contributed by atoms with Gasteiger partial charge in [0.1, 0.15) is 5.75 Å². The van der Waals surface area contributed by atoms with E-state index in [9.17, 15) is 9.00 Å². The minimum atomic E-state index is -1.01. The zero-order valence-electron chi connectivity index (χ0n) is 6.63. The van der Waals surface area contributed by atoms with E-state index in [0.29, 0.717) is 18.8 Å². The van der Waals surface area contributed by atoms with E-state index in [4.69, 9.17) is 5.73 Å². The van der Waals surface area contributed by atoms with Crippen molar-refractivity contribution in [2.24, 2.45) is 5.73 Å². The molecule has 0 aromatic heterocycles. The Balaban J connectivity index is 3.44. The highest BCUT2D eigenvalue weighted by molar-refractivity contribution is 7.85. The van der Waals surface area contributed by atoms with Gasteiger partial charge in [0.15, 0.2) is 0 Å². The smallest absolute Gasteiger partial charge is 0.232 e. The van der Waals surface area contributed by atoms with Crippen LogP contribution in [0, 0.1) is 0 Å². The lowest BCUT2D eigenvalue weighted by molar-refractivity contribution is -0.118. The first-order valence-corrected chi connectivity index (χ1v) is 5.01. The lowest BCUT2D eigenvalue weighted by Crippen LogP contribution is -2.32. The maximum absolute atomic E-state index is 10.8. The monoisotopic (exact) mass is 178 g/mol. The number of nitrogens with one attached hydrogen (secondary N) is 1. The molecular formula is C6H14N2O2S. The molecule has 0 rings (SSSR count). The fourth-order valence-corrected chi connectivity index (χ4v) is 1.11. The number of hydrogen-bond acceptors (Lipinski definition) is 3. The van der Waals surface area contributed by atoms with E-state index in [2.05, 4.69) is 5.32 Å². The van der Waals surface area contributed by atoms with Gasteiger partial charge in [-0.2, -0.15) is 0 Å². The van der Waals surface area contributed by atoms with E-state index in [1.165, 1.54) is 0 Å². The fourth-order valence-electron chi connectivity index (χ4n) is 0.511. The van der Waals surface area contributed by atoms with E-state index < -0.39 is 10.8 Å². The third-order valence-corrected chi connectivity index (χ3v) is 2.31. The largest absolute Gasteiger partial charge is 0.354 e. The molecule has 0 spiro atoms. The summed E-state index contributed by atoms with van der Waals surface area (Å²) in [5, 5.41) is 2.54. The van der Waals surface area contributed by atoms with Gasteiger partial charge in [0.25, 0.3) is 0 Å². The molecule has 66 valence electrons. The molecule has 11 heavy (non-hydrogen) atoms. The van der Waals surface area contributed by atoms with Crippen molar-refractivity contribution in [1.82, 2.24) is 5.32 Å². The molecule has 0 heterocycles. The maximum atomic E-state index is 10.8. The van der Waals surface area contributed by atoms with Crippen LogP contribution in [0.5, 0.6) is 0 Å². The number of amides is 1. The summed E-state index contributed by atoms with van der Waals surface area (Å²) in [6, 6.07) is 0. The highest BCUT2D eigenvalue weighted by atomic mass is 32.2. The molecule has 0 aliphatic carbocycles. The summed E-state index contributed by atoms with van der Waals surface area (Å²) in [4.78, 5) is 10.8. The standard InChI is InChI=1S/C6H14N2O2S/c1-2-11(10)5-6(9)8-4-3-7/h2-5,7H2,1H3,(H,8,9). The van der Waals surface area contributed by atoms with Crippen LogP contribution in [0.15, 0.2) is 0 Å². The number of hydrogen-bond donors (Lipinski definition) is 2. The zero-order valence-corrected chi connectivity index (χ0v) is 7.45. The number of nitrogens with two attached hydrogens (primary N) is 1. The third-order valence-electron chi connectivity index (χ3n) is 1.08. The molecule has 0 radical (unpaired) electrons. The van der Waals surface area contributed by atoms with Gasteiger partial charge in [-0.25, -0.2) is 0 Å². The van der Waals surface area contributed by atoms with E-state index >= 15 is 0 Å². The van der Waals surface area contributed by atoms with Crippen molar-refractivity contribution in [2.75, 3.05) is 24.6 Å². The van der Waals surface area contributed by atoms with Gasteiger partial charge < -0.3 is 11.1 Å². The molecule has 1 amide bonds. The van der Waals surface area contributed by atoms with Crippen molar-refractivity contribution in [1.29, 1.82) is 0 Å². The molecule has 3 N–H and O–H groups in total. The lowest BCUT2D eigenvalue weighted by Gasteiger charge is -2.00. The van der Waals surface area contributed by atoms with Crippen molar-refractivity contribution in [3.8, 4) is 0 Å². The molecule has 0 saturated heterocycles. The Morgan fingerprint density at radius 2 is 2.27 bits per heavy atom.